The van der Waals surface area contributed by atoms with E-state index in [9.17, 15) is 5.11 Å². The van der Waals surface area contributed by atoms with Crippen LogP contribution in [0, 0.1) is 0 Å². The molecule has 0 bridgehead atoms. The van der Waals surface area contributed by atoms with Crippen molar-refractivity contribution in [1.29, 1.82) is 0 Å². The van der Waals surface area contributed by atoms with Gasteiger partial charge in [-0.25, -0.2) is 0 Å². The fourth-order valence-corrected chi connectivity index (χ4v) is 3.61. The molecule has 0 unspecified atom stereocenters. The summed E-state index contributed by atoms with van der Waals surface area (Å²) in [4.78, 5) is 2.43. The standard InChI is InChI=1S/C19H21N3O/c23-18-10-4-1-6-14(18)12-22-11-5-7-15(13-22)19-16-8-2-3-9-17(16)20-21-19/h1-4,6,8-10,15,23H,5,7,11-13H2,(H,20,21)/t15-/m0/s1. The highest BCUT2D eigenvalue weighted by molar-refractivity contribution is 5.81. The maximum absolute atomic E-state index is 9.99. The number of nitrogens with one attached hydrogen (secondary N) is 1. The number of phenolic OH excluding ortho intramolecular Hbond substituents is 1. The predicted molar refractivity (Wildman–Crippen MR) is 91.5 cm³/mol. The monoisotopic (exact) mass is 307 g/mol. The minimum absolute atomic E-state index is 0.390. The van der Waals surface area contributed by atoms with Crippen LogP contribution >= 0.6 is 0 Å². The second kappa shape index (κ2) is 6.05. The minimum Gasteiger partial charge on any atom is -0.508 e. The second-order valence-corrected chi connectivity index (χ2v) is 6.36. The number of para-hydroxylation sites is 2. The molecule has 0 radical (unpaired) electrons. The van der Waals surface area contributed by atoms with Crippen LogP contribution in [0.1, 0.15) is 30.0 Å². The molecule has 4 nitrogen and oxygen atoms in total. The van der Waals surface area contributed by atoms with Crippen molar-refractivity contribution in [3.05, 3.63) is 59.8 Å². The number of aromatic amines is 1. The van der Waals surface area contributed by atoms with Gasteiger partial charge < -0.3 is 5.11 Å². The van der Waals surface area contributed by atoms with E-state index in [-0.39, 0.29) is 0 Å². The number of fused-ring (bicyclic) bond motifs is 1. The van der Waals surface area contributed by atoms with E-state index >= 15 is 0 Å². The Morgan fingerprint density at radius 1 is 1.13 bits per heavy atom. The third-order valence-corrected chi connectivity index (χ3v) is 4.79. The molecule has 0 amide bonds. The number of nitrogens with zero attached hydrogens (tertiary/aromatic N) is 2. The van der Waals surface area contributed by atoms with E-state index in [0.717, 1.165) is 30.7 Å². The van der Waals surface area contributed by atoms with E-state index in [1.807, 2.05) is 24.3 Å². The van der Waals surface area contributed by atoms with Gasteiger partial charge in [-0.15, -0.1) is 0 Å². The molecule has 1 fully saturated rings. The van der Waals surface area contributed by atoms with Crippen LogP contribution in [0.15, 0.2) is 48.5 Å². The van der Waals surface area contributed by atoms with E-state index in [1.54, 1.807) is 6.07 Å². The molecule has 1 aliphatic rings. The summed E-state index contributed by atoms with van der Waals surface area (Å²) in [6.07, 6.45) is 2.36. The Labute approximate surface area is 135 Å². The van der Waals surface area contributed by atoms with E-state index in [1.165, 1.54) is 23.9 Å². The number of phenols is 1. The molecule has 0 spiro atoms. The van der Waals surface area contributed by atoms with Crippen LogP contribution in [0.3, 0.4) is 0 Å². The summed E-state index contributed by atoms with van der Waals surface area (Å²) in [6.45, 7) is 2.88. The first kappa shape index (κ1) is 14.3. The van der Waals surface area contributed by atoms with Crippen molar-refractivity contribution in [2.24, 2.45) is 0 Å². The van der Waals surface area contributed by atoms with Gasteiger partial charge in [-0.3, -0.25) is 10.00 Å². The van der Waals surface area contributed by atoms with Crippen molar-refractivity contribution in [2.45, 2.75) is 25.3 Å². The molecule has 118 valence electrons. The highest BCUT2D eigenvalue weighted by atomic mass is 16.3. The highest BCUT2D eigenvalue weighted by Crippen LogP contribution is 2.31. The third kappa shape index (κ3) is 2.82. The lowest BCUT2D eigenvalue weighted by atomic mass is 9.92. The molecule has 0 aliphatic carbocycles. The molecule has 1 saturated heterocycles. The SMILES string of the molecule is Oc1ccccc1CN1CCC[C@H](c2[nH]nc3ccccc23)C1. The maximum Gasteiger partial charge on any atom is 0.120 e. The Morgan fingerprint density at radius 3 is 2.87 bits per heavy atom. The average molecular weight is 307 g/mol. The van der Waals surface area contributed by atoms with Gasteiger partial charge in [0.1, 0.15) is 5.75 Å². The maximum atomic E-state index is 9.99. The number of H-pyrrole nitrogens is 1. The largest absolute Gasteiger partial charge is 0.508 e. The van der Waals surface area contributed by atoms with Gasteiger partial charge in [0.2, 0.25) is 0 Å². The zero-order chi connectivity index (χ0) is 15.6. The van der Waals surface area contributed by atoms with Crippen molar-refractivity contribution in [2.75, 3.05) is 13.1 Å². The van der Waals surface area contributed by atoms with Gasteiger partial charge in [-0.2, -0.15) is 5.10 Å². The van der Waals surface area contributed by atoms with E-state index in [2.05, 4.69) is 33.3 Å². The summed E-state index contributed by atoms with van der Waals surface area (Å²) in [5.74, 6) is 0.864. The van der Waals surface area contributed by atoms with Crippen molar-refractivity contribution in [1.82, 2.24) is 15.1 Å². The lowest BCUT2D eigenvalue weighted by molar-refractivity contribution is 0.197. The van der Waals surface area contributed by atoms with E-state index in [0.29, 0.717) is 11.7 Å². The first-order valence-electron chi connectivity index (χ1n) is 8.23. The molecule has 2 N–H and O–H groups in total. The zero-order valence-electron chi connectivity index (χ0n) is 13.1. The van der Waals surface area contributed by atoms with Gasteiger partial charge in [-0.05, 0) is 31.5 Å². The first-order chi connectivity index (χ1) is 11.3. The second-order valence-electron chi connectivity index (χ2n) is 6.36. The van der Waals surface area contributed by atoms with Gasteiger partial charge in [0, 0.05) is 35.7 Å². The number of hydrogen-bond acceptors (Lipinski definition) is 3. The van der Waals surface area contributed by atoms with Crippen LogP contribution in [0.5, 0.6) is 5.75 Å². The van der Waals surface area contributed by atoms with Crippen LogP contribution in [0.4, 0.5) is 0 Å². The molecule has 4 rings (SSSR count). The molecule has 2 aromatic carbocycles. The van der Waals surface area contributed by atoms with Crippen LogP contribution in [0.2, 0.25) is 0 Å². The third-order valence-electron chi connectivity index (χ3n) is 4.79. The summed E-state index contributed by atoms with van der Waals surface area (Å²) >= 11 is 0. The molecular weight excluding hydrogens is 286 g/mol. The Morgan fingerprint density at radius 2 is 1.96 bits per heavy atom. The van der Waals surface area contributed by atoms with Gasteiger partial charge in [-0.1, -0.05) is 36.4 Å². The summed E-state index contributed by atoms with van der Waals surface area (Å²) in [7, 11) is 0. The number of benzene rings is 2. The number of piperidine rings is 1. The molecule has 3 aromatic rings. The number of aromatic nitrogens is 2. The molecule has 1 aliphatic heterocycles. The van der Waals surface area contributed by atoms with Gasteiger partial charge in [0.25, 0.3) is 0 Å². The minimum atomic E-state index is 0.390. The fraction of sp³-hybridized carbons (Fsp3) is 0.316. The fourth-order valence-electron chi connectivity index (χ4n) is 3.61. The number of aromatic hydroxyl groups is 1. The van der Waals surface area contributed by atoms with Crippen molar-refractivity contribution in [3.8, 4) is 5.75 Å². The number of likely N-dealkylation sites (tertiary alicyclic amines) is 1. The van der Waals surface area contributed by atoms with Crippen LogP contribution in [0.25, 0.3) is 10.9 Å². The smallest absolute Gasteiger partial charge is 0.120 e. The molecule has 0 saturated carbocycles. The molecule has 1 atom stereocenters. The van der Waals surface area contributed by atoms with Crippen LogP contribution < -0.4 is 0 Å². The van der Waals surface area contributed by atoms with Gasteiger partial charge in [0.05, 0.1) is 5.52 Å². The molecule has 2 heterocycles. The van der Waals surface area contributed by atoms with Crippen LogP contribution in [-0.2, 0) is 6.54 Å². The summed E-state index contributed by atoms with van der Waals surface area (Å²) < 4.78 is 0. The Hall–Kier alpha value is -2.33. The lowest BCUT2D eigenvalue weighted by Crippen LogP contribution is -2.34. The number of rotatable bonds is 3. The van der Waals surface area contributed by atoms with E-state index < -0.39 is 0 Å². The Kier molecular flexibility index (Phi) is 3.75. The Bertz CT molecular complexity index is 811. The average Bonchev–Trinajstić information content (AvgIpc) is 3.01. The van der Waals surface area contributed by atoms with Crippen molar-refractivity contribution < 1.29 is 5.11 Å². The lowest BCUT2D eigenvalue weighted by Gasteiger charge is -2.32. The predicted octanol–water partition coefficient (Wildman–Crippen LogP) is 3.65. The normalized spacial score (nSPS) is 19.2. The van der Waals surface area contributed by atoms with Crippen molar-refractivity contribution in [3.63, 3.8) is 0 Å². The molecule has 23 heavy (non-hydrogen) atoms. The highest BCUT2D eigenvalue weighted by Gasteiger charge is 2.24. The van der Waals surface area contributed by atoms with Gasteiger partial charge in [0.15, 0.2) is 0 Å². The van der Waals surface area contributed by atoms with Crippen LogP contribution in [-0.4, -0.2) is 33.3 Å². The van der Waals surface area contributed by atoms with E-state index in [4.69, 9.17) is 0 Å². The Balaban J connectivity index is 1.54. The summed E-state index contributed by atoms with van der Waals surface area (Å²) in [5.41, 5.74) is 3.30. The summed E-state index contributed by atoms with van der Waals surface area (Å²) in [6, 6.07) is 15.9. The van der Waals surface area contributed by atoms with Gasteiger partial charge >= 0.3 is 0 Å². The molecule has 4 heteroatoms. The quantitative estimate of drug-likeness (QED) is 0.776. The van der Waals surface area contributed by atoms with Crippen molar-refractivity contribution >= 4 is 10.9 Å². The number of hydrogen-bond donors (Lipinski definition) is 2. The molecule has 1 aromatic heterocycles. The first-order valence-corrected chi connectivity index (χ1v) is 8.23. The molecular formula is C19H21N3O. The summed E-state index contributed by atoms with van der Waals surface area (Å²) in [5, 5.41) is 18.9. The zero-order valence-corrected chi connectivity index (χ0v) is 13.1. The topological polar surface area (TPSA) is 52.1 Å².